The van der Waals surface area contributed by atoms with Crippen LogP contribution < -0.4 is 0 Å². The average molecular weight is 261 g/mol. The van der Waals surface area contributed by atoms with E-state index in [1.165, 1.54) is 5.56 Å². The van der Waals surface area contributed by atoms with E-state index in [1.54, 1.807) is 0 Å². The van der Waals surface area contributed by atoms with Crippen LogP contribution in [0.4, 0.5) is 0 Å². The minimum atomic E-state index is -0.491. The summed E-state index contributed by atoms with van der Waals surface area (Å²) in [6.45, 7) is 7.00. The Morgan fingerprint density at radius 2 is 2.05 bits per heavy atom. The van der Waals surface area contributed by atoms with Crippen molar-refractivity contribution >= 4 is 5.97 Å². The lowest BCUT2D eigenvalue weighted by atomic mass is 9.86. The van der Waals surface area contributed by atoms with Crippen molar-refractivity contribution < 1.29 is 9.53 Å². The normalized spacial score (nSPS) is 27.5. The molecule has 1 heterocycles. The molecule has 0 aliphatic carbocycles. The molecular formula is C16H23NO2. The van der Waals surface area contributed by atoms with E-state index in [4.69, 9.17) is 4.74 Å². The highest BCUT2D eigenvalue weighted by Gasteiger charge is 2.47. The molecule has 0 unspecified atom stereocenters. The van der Waals surface area contributed by atoms with Gasteiger partial charge in [0.2, 0.25) is 0 Å². The SMILES string of the molecule is CCC(=O)O[C@@]1(c2ccc(C)cc2)CCN(C)[C@@H]1C. The second-order valence-electron chi connectivity index (χ2n) is 5.49. The minimum Gasteiger partial charge on any atom is -0.452 e. The number of hydrogen-bond donors (Lipinski definition) is 0. The van der Waals surface area contributed by atoms with Gasteiger partial charge in [-0.15, -0.1) is 0 Å². The summed E-state index contributed by atoms with van der Waals surface area (Å²) >= 11 is 0. The highest BCUT2D eigenvalue weighted by atomic mass is 16.6. The highest BCUT2D eigenvalue weighted by molar-refractivity contribution is 5.70. The van der Waals surface area contributed by atoms with Crippen molar-refractivity contribution in [2.24, 2.45) is 0 Å². The Balaban J connectivity index is 2.39. The molecule has 1 aliphatic rings. The monoisotopic (exact) mass is 261 g/mol. The van der Waals surface area contributed by atoms with Gasteiger partial charge in [0.15, 0.2) is 5.60 Å². The molecule has 19 heavy (non-hydrogen) atoms. The van der Waals surface area contributed by atoms with Crippen molar-refractivity contribution in [2.75, 3.05) is 13.6 Å². The van der Waals surface area contributed by atoms with E-state index < -0.39 is 5.60 Å². The standard InChI is InChI=1S/C16H23NO2/c1-5-15(18)19-16(10-11-17(4)13(16)3)14-8-6-12(2)7-9-14/h6-9,13H,5,10-11H2,1-4H3/t13-,16+/m1/s1. The van der Waals surface area contributed by atoms with Crippen molar-refractivity contribution in [1.82, 2.24) is 4.90 Å². The second-order valence-corrected chi connectivity index (χ2v) is 5.49. The summed E-state index contributed by atoms with van der Waals surface area (Å²) in [5, 5.41) is 0. The Morgan fingerprint density at radius 3 is 2.53 bits per heavy atom. The van der Waals surface area contributed by atoms with Gasteiger partial charge in [-0.2, -0.15) is 0 Å². The van der Waals surface area contributed by atoms with Crippen molar-refractivity contribution in [3.05, 3.63) is 35.4 Å². The van der Waals surface area contributed by atoms with E-state index in [2.05, 4.69) is 50.1 Å². The van der Waals surface area contributed by atoms with Gasteiger partial charge in [-0.3, -0.25) is 9.69 Å². The van der Waals surface area contributed by atoms with Crippen LogP contribution in [0.2, 0.25) is 0 Å². The number of esters is 1. The summed E-state index contributed by atoms with van der Waals surface area (Å²) in [7, 11) is 2.08. The van der Waals surface area contributed by atoms with Gasteiger partial charge < -0.3 is 4.74 Å². The van der Waals surface area contributed by atoms with Gasteiger partial charge in [-0.25, -0.2) is 0 Å². The van der Waals surface area contributed by atoms with Gasteiger partial charge in [-0.1, -0.05) is 36.8 Å². The summed E-state index contributed by atoms with van der Waals surface area (Å²) in [4.78, 5) is 14.1. The quantitative estimate of drug-likeness (QED) is 0.784. The molecular weight excluding hydrogens is 238 g/mol. The van der Waals surface area contributed by atoms with Gasteiger partial charge in [-0.05, 0) is 26.5 Å². The number of benzene rings is 1. The van der Waals surface area contributed by atoms with Crippen molar-refractivity contribution in [3.63, 3.8) is 0 Å². The zero-order chi connectivity index (χ0) is 14.0. The molecule has 0 N–H and O–H groups in total. The summed E-state index contributed by atoms with van der Waals surface area (Å²) < 4.78 is 5.88. The first-order valence-corrected chi connectivity index (χ1v) is 6.99. The van der Waals surface area contributed by atoms with Crippen LogP contribution in [0.5, 0.6) is 0 Å². The fourth-order valence-corrected chi connectivity index (χ4v) is 2.79. The van der Waals surface area contributed by atoms with Crippen LogP contribution in [0.1, 0.15) is 37.8 Å². The van der Waals surface area contributed by atoms with Crippen molar-refractivity contribution in [3.8, 4) is 0 Å². The summed E-state index contributed by atoms with van der Waals surface area (Å²) in [5.41, 5.74) is 1.84. The first-order chi connectivity index (χ1) is 8.99. The van der Waals surface area contributed by atoms with Gasteiger partial charge >= 0.3 is 5.97 Å². The van der Waals surface area contributed by atoms with Crippen LogP contribution in [0.15, 0.2) is 24.3 Å². The molecule has 0 spiro atoms. The maximum absolute atomic E-state index is 11.8. The van der Waals surface area contributed by atoms with E-state index >= 15 is 0 Å². The molecule has 0 amide bonds. The largest absolute Gasteiger partial charge is 0.452 e. The van der Waals surface area contributed by atoms with E-state index in [-0.39, 0.29) is 12.0 Å². The molecule has 0 bridgehead atoms. The molecule has 0 radical (unpaired) electrons. The fraction of sp³-hybridized carbons (Fsp3) is 0.562. The Hall–Kier alpha value is -1.35. The summed E-state index contributed by atoms with van der Waals surface area (Å²) in [5.74, 6) is -0.122. The molecule has 1 aromatic rings. The third-order valence-electron chi connectivity index (χ3n) is 4.30. The Bertz CT molecular complexity index is 454. The van der Waals surface area contributed by atoms with Crippen LogP contribution in [-0.2, 0) is 15.1 Å². The smallest absolute Gasteiger partial charge is 0.306 e. The predicted molar refractivity (Wildman–Crippen MR) is 75.9 cm³/mol. The van der Waals surface area contributed by atoms with E-state index in [0.29, 0.717) is 6.42 Å². The zero-order valence-electron chi connectivity index (χ0n) is 12.3. The Labute approximate surface area is 115 Å². The molecule has 0 aromatic heterocycles. The van der Waals surface area contributed by atoms with E-state index in [1.807, 2.05) is 6.92 Å². The number of likely N-dealkylation sites (N-methyl/N-ethyl adjacent to an activating group) is 1. The molecule has 2 atom stereocenters. The lowest BCUT2D eigenvalue weighted by Crippen LogP contribution is -2.42. The third-order valence-corrected chi connectivity index (χ3v) is 4.30. The van der Waals surface area contributed by atoms with Crippen molar-refractivity contribution in [1.29, 1.82) is 0 Å². The Morgan fingerprint density at radius 1 is 1.42 bits per heavy atom. The van der Waals surface area contributed by atoms with Crippen LogP contribution in [0, 0.1) is 6.92 Å². The maximum Gasteiger partial charge on any atom is 0.306 e. The molecule has 1 aromatic carbocycles. The molecule has 1 aliphatic heterocycles. The number of rotatable bonds is 3. The number of carbonyl (C=O) groups is 1. The molecule has 1 fully saturated rings. The Kier molecular flexibility index (Phi) is 3.95. The first-order valence-electron chi connectivity index (χ1n) is 6.99. The molecule has 3 nitrogen and oxygen atoms in total. The summed E-state index contributed by atoms with van der Waals surface area (Å²) in [6, 6.07) is 8.55. The lowest BCUT2D eigenvalue weighted by Gasteiger charge is -2.35. The number of aryl methyl sites for hydroxylation is 1. The molecule has 1 saturated heterocycles. The number of carbonyl (C=O) groups excluding carboxylic acids is 1. The highest BCUT2D eigenvalue weighted by Crippen LogP contribution is 2.40. The maximum atomic E-state index is 11.8. The van der Waals surface area contributed by atoms with Crippen LogP contribution in [-0.4, -0.2) is 30.5 Å². The van der Waals surface area contributed by atoms with Crippen molar-refractivity contribution in [2.45, 2.75) is 45.3 Å². The number of hydrogen-bond acceptors (Lipinski definition) is 3. The second kappa shape index (κ2) is 5.33. The first kappa shape index (κ1) is 14.1. The molecule has 0 saturated carbocycles. The number of nitrogens with zero attached hydrogens (tertiary/aromatic N) is 1. The predicted octanol–water partition coefficient (Wildman–Crippen LogP) is 2.87. The molecule has 104 valence electrons. The molecule has 2 rings (SSSR count). The number of ether oxygens (including phenoxy) is 1. The third kappa shape index (κ3) is 2.52. The topological polar surface area (TPSA) is 29.5 Å². The van der Waals surface area contributed by atoms with Gasteiger partial charge in [0.05, 0.1) is 6.04 Å². The fourth-order valence-electron chi connectivity index (χ4n) is 2.79. The van der Waals surface area contributed by atoms with Gasteiger partial charge in [0, 0.05) is 19.4 Å². The van der Waals surface area contributed by atoms with Crippen LogP contribution in [0.25, 0.3) is 0 Å². The minimum absolute atomic E-state index is 0.122. The van der Waals surface area contributed by atoms with E-state index in [0.717, 1.165) is 18.5 Å². The van der Waals surface area contributed by atoms with E-state index in [9.17, 15) is 4.79 Å². The van der Waals surface area contributed by atoms with Crippen LogP contribution >= 0.6 is 0 Å². The number of likely N-dealkylation sites (tertiary alicyclic amines) is 1. The summed E-state index contributed by atoms with van der Waals surface area (Å²) in [6.07, 6.45) is 1.28. The van der Waals surface area contributed by atoms with Gasteiger partial charge in [0.25, 0.3) is 0 Å². The van der Waals surface area contributed by atoms with Crippen LogP contribution in [0.3, 0.4) is 0 Å². The lowest BCUT2D eigenvalue weighted by molar-refractivity contribution is -0.163. The average Bonchev–Trinajstić information content (AvgIpc) is 2.69. The van der Waals surface area contributed by atoms with Gasteiger partial charge in [0.1, 0.15) is 0 Å². The zero-order valence-corrected chi connectivity index (χ0v) is 12.3. The molecule has 3 heteroatoms.